The number of nitrogens with two attached hydrogens (primary N) is 1. The molecule has 0 spiro atoms. The molecule has 0 fully saturated rings. The van der Waals surface area contributed by atoms with E-state index in [4.69, 9.17) is 17.3 Å². The van der Waals surface area contributed by atoms with Crippen LogP contribution in [0.5, 0.6) is 0 Å². The standard InChI is InChI=1S/C12H11BrClN3/c13-10-5-9(14)7-16-12(10)17-11-4-2-1-3-8(11)6-15/h1-5,7H,6,15H2,(H,16,17). The Labute approximate surface area is 113 Å². The first-order chi connectivity index (χ1) is 8.20. The number of aromatic nitrogens is 1. The number of hydrogen-bond acceptors (Lipinski definition) is 3. The van der Waals surface area contributed by atoms with E-state index >= 15 is 0 Å². The SMILES string of the molecule is NCc1ccccc1Nc1ncc(Cl)cc1Br. The quantitative estimate of drug-likeness (QED) is 0.908. The fourth-order valence-corrected chi connectivity index (χ4v) is 2.19. The van der Waals surface area contributed by atoms with Crippen LogP contribution in [0.25, 0.3) is 0 Å². The lowest BCUT2D eigenvalue weighted by molar-refractivity contribution is 1.07. The van der Waals surface area contributed by atoms with Crippen molar-refractivity contribution in [2.75, 3.05) is 5.32 Å². The molecule has 3 nitrogen and oxygen atoms in total. The summed E-state index contributed by atoms with van der Waals surface area (Å²) in [7, 11) is 0. The van der Waals surface area contributed by atoms with E-state index in [2.05, 4.69) is 26.2 Å². The molecule has 3 N–H and O–H groups in total. The molecule has 0 aliphatic rings. The molecule has 0 aliphatic heterocycles. The van der Waals surface area contributed by atoms with Crippen LogP contribution < -0.4 is 11.1 Å². The number of benzene rings is 1. The van der Waals surface area contributed by atoms with Crippen LogP contribution >= 0.6 is 27.5 Å². The Morgan fingerprint density at radius 1 is 1.35 bits per heavy atom. The van der Waals surface area contributed by atoms with Crippen molar-refractivity contribution in [3.05, 3.63) is 51.6 Å². The maximum Gasteiger partial charge on any atom is 0.144 e. The van der Waals surface area contributed by atoms with E-state index in [0.717, 1.165) is 21.5 Å². The van der Waals surface area contributed by atoms with Gasteiger partial charge in [-0.05, 0) is 33.6 Å². The molecule has 0 aliphatic carbocycles. The minimum Gasteiger partial charge on any atom is -0.339 e. The van der Waals surface area contributed by atoms with E-state index in [0.29, 0.717) is 11.6 Å². The zero-order valence-electron chi connectivity index (χ0n) is 8.95. The van der Waals surface area contributed by atoms with Crippen LogP contribution in [-0.4, -0.2) is 4.98 Å². The number of para-hydroxylation sites is 1. The summed E-state index contributed by atoms with van der Waals surface area (Å²) in [6, 6.07) is 9.64. The minimum absolute atomic E-state index is 0.481. The highest BCUT2D eigenvalue weighted by molar-refractivity contribution is 9.10. The molecular weight excluding hydrogens is 302 g/mol. The van der Waals surface area contributed by atoms with Crippen LogP contribution in [-0.2, 0) is 6.54 Å². The molecule has 17 heavy (non-hydrogen) atoms. The average Bonchev–Trinajstić information content (AvgIpc) is 2.33. The van der Waals surface area contributed by atoms with Gasteiger partial charge in [0.1, 0.15) is 5.82 Å². The Morgan fingerprint density at radius 2 is 2.12 bits per heavy atom. The largest absolute Gasteiger partial charge is 0.339 e. The predicted molar refractivity (Wildman–Crippen MR) is 74.6 cm³/mol. The Kier molecular flexibility index (Phi) is 3.99. The molecule has 0 radical (unpaired) electrons. The first kappa shape index (κ1) is 12.4. The number of nitrogens with zero attached hydrogens (tertiary/aromatic N) is 1. The molecule has 2 aromatic rings. The zero-order chi connectivity index (χ0) is 12.3. The van der Waals surface area contributed by atoms with Gasteiger partial charge in [0.25, 0.3) is 0 Å². The summed E-state index contributed by atoms with van der Waals surface area (Å²) >= 11 is 9.25. The van der Waals surface area contributed by atoms with E-state index in [9.17, 15) is 0 Å². The van der Waals surface area contributed by atoms with Crippen LogP contribution in [0.15, 0.2) is 41.0 Å². The molecule has 0 bridgehead atoms. The number of anilines is 2. The van der Waals surface area contributed by atoms with Gasteiger partial charge in [0.05, 0.1) is 9.50 Å². The van der Waals surface area contributed by atoms with Crippen LogP contribution in [0.4, 0.5) is 11.5 Å². The second-order valence-electron chi connectivity index (χ2n) is 3.47. The molecule has 1 aromatic heterocycles. The monoisotopic (exact) mass is 311 g/mol. The van der Waals surface area contributed by atoms with E-state index < -0.39 is 0 Å². The van der Waals surface area contributed by atoms with Crippen molar-refractivity contribution in [1.82, 2.24) is 4.98 Å². The lowest BCUT2D eigenvalue weighted by Crippen LogP contribution is -2.02. The second kappa shape index (κ2) is 5.49. The van der Waals surface area contributed by atoms with Gasteiger partial charge < -0.3 is 11.1 Å². The van der Waals surface area contributed by atoms with Crippen LogP contribution in [0, 0.1) is 0 Å². The predicted octanol–water partition coefficient (Wildman–Crippen LogP) is 3.70. The van der Waals surface area contributed by atoms with Crippen LogP contribution in [0.2, 0.25) is 5.02 Å². The summed E-state index contributed by atoms with van der Waals surface area (Å²) in [4.78, 5) is 4.22. The first-order valence-corrected chi connectivity index (χ1v) is 6.24. The van der Waals surface area contributed by atoms with Gasteiger partial charge in [0.2, 0.25) is 0 Å². The molecular formula is C12H11BrClN3. The van der Waals surface area contributed by atoms with Crippen molar-refractivity contribution in [3.63, 3.8) is 0 Å². The van der Waals surface area contributed by atoms with Gasteiger partial charge in [-0.3, -0.25) is 0 Å². The molecule has 0 unspecified atom stereocenters. The van der Waals surface area contributed by atoms with E-state index in [1.165, 1.54) is 0 Å². The molecule has 0 atom stereocenters. The number of pyridine rings is 1. The Morgan fingerprint density at radius 3 is 2.82 bits per heavy atom. The summed E-state index contributed by atoms with van der Waals surface area (Å²) in [5.41, 5.74) is 7.66. The first-order valence-electron chi connectivity index (χ1n) is 5.06. The minimum atomic E-state index is 0.481. The molecule has 88 valence electrons. The number of rotatable bonds is 3. The molecule has 5 heteroatoms. The third kappa shape index (κ3) is 2.97. The molecule has 0 amide bonds. The van der Waals surface area contributed by atoms with Gasteiger partial charge in [-0.15, -0.1) is 0 Å². The summed E-state index contributed by atoms with van der Waals surface area (Å²) in [6.07, 6.45) is 1.60. The van der Waals surface area contributed by atoms with Crippen LogP contribution in [0.3, 0.4) is 0 Å². The van der Waals surface area contributed by atoms with E-state index in [1.54, 1.807) is 12.3 Å². The highest BCUT2D eigenvalue weighted by Gasteiger charge is 2.05. The van der Waals surface area contributed by atoms with Gasteiger partial charge in [-0.25, -0.2) is 4.98 Å². The van der Waals surface area contributed by atoms with Crippen molar-refractivity contribution in [2.24, 2.45) is 5.73 Å². The smallest absolute Gasteiger partial charge is 0.144 e. The average molecular weight is 313 g/mol. The van der Waals surface area contributed by atoms with Crippen molar-refractivity contribution in [1.29, 1.82) is 0 Å². The fourth-order valence-electron chi connectivity index (χ4n) is 1.45. The summed E-state index contributed by atoms with van der Waals surface area (Å²) in [6.45, 7) is 0.481. The summed E-state index contributed by atoms with van der Waals surface area (Å²) in [5.74, 6) is 0.718. The summed E-state index contributed by atoms with van der Waals surface area (Å²) in [5, 5.41) is 3.81. The number of nitrogens with one attached hydrogen (secondary N) is 1. The highest BCUT2D eigenvalue weighted by atomic mass is 79.9. The molecule has 1 heterocycles. The normalized spacial score (nSPS) is 10.3. The van der Waals surface area contributed by atoms with E-state index in [1.807, 2.05) is 24.3 Å². The Hall–Kier alpha value is -1.10. The summed E-state index contributed by atoms with van der Waals surface area (Å²) < 4.78 is 0.817. The van der Waals surface area contributed by atoms with Gasteiger partial charge in [0.15, 0.2) is 0 Å². The van der Waals surface area contributed by atoms with Gasteiger partial charge in [0, 0.05) is 18.4 Å². The number of halogens is 2. The van der Waals surface area contributed by atoms with Crippen molar-refractivity contribution >= 4 is 39.0 Å². The maximum atomic E-state index is 5.84. The van der Waals surface area contributed by atoms with Gasteiger partial charge in [-0.2, -0.15) is 0 Å². The second-order valence-corrected chi connectivity index (χ2v) is 4.76. The van der Waals surface area contributed by atoms with Gasteiger partial charge >= 0.3 is 0 Å². The van der Waals surface area contributed by atoms with Gasteiger partial charge in [-0.1, -0.05) is 29.8 Å². The third-order valence-corrected chi connectivity index (χ3v) is 3.11. The lowest BCUT2D eigenvalue weighted by Gasteiger charge is -2.11. The fraction of sp³-hybridized carbons (Fsp3) is 0.0833. The molecule has 0 saturated heterocycles. The van der Waals surface area contributed by atoms with Crippen molar-refractivity contribution in [3.8, 4) is 0 Å². The zero-order valence-corrected chi connectivity index (χ0v) is 11.3. The third-order valence-electron chi connectivity index (χ3n) is 2.30. The Bertz CT molecular complexity index is 531. The van der Waals surface area contributed by atoms with E-state index in [-0.39, 0.29) is 0 Å². The molecule has 2 rings (SSSR count). The topological polar surface area (TPSA) is 50.9 Å². The lowest BCUT2D eigenvalue weighted by atomic mass is 10.2. The van der Waals surface area contributed by atoms with Crippen molar-refractivity contribution in [2.45, 2.75) is 6.54 Å². The number of hydrogen-bond donors (Lipinski definition) is 2. The molecule has 1 aromatic carbocycles. The highest BCUT2D eigenvalue weighted by Crippen LogP contribution is 2.27. The van der Waals surface area contributed by atoms with Crippen molar-refractivity contribution < 1.29 is 0 Å². The molecule has 0 saturated carbocycles. The Balaban J connectivity index is 2.31. The maximum absolute atomic E-state index is 5.84. The van der Waals surface area contributed by atoms with Crippen LogP contribution in [0.1, 0.15) is 5.56 Å².